The molecule has 2 saturated heterocycles. The lowest BCUT2D eigenvalue weighted by atomic mass is 9.86. The van der Waals surface area contributed by atoms with E-state index in [1.807, 2.05) is 0 Å². The summed E-state index contributed by atoms with van der Waals surface area (Å²) in [5.74, 6) is 1.56. The van der Waals surface area contributed by atoms with Gasteiger partial charge in [0.15, 0.2) is 0 Å². The molecule has 4 nitrogen and oxygen atoms in total. The maximum absolute atomic E-state index is 12.4. The van der Waals surface area contributed by atoms with Crippen LogP contribution >= 0.6 is 0 Å². The van der Waals surface area contributed by atoms with E-state index < -0.39 is 0 Å². The maximum Gasteiger partial charge on any atom is 0.227 e. The van der Waals surface area contributed by atoms with Crippen LogP contribution < -0.4 is 5.32 Å². The second-order valence-electron chi connectivity index (χ2n) is 6.96. The molecule has 2 heterocycles. The van der Waals surface area contributed by atoms with Crippen LogP contribution in [-0.2, 0) is 4.79 Å². The third-order valence-electron chi connectivity index (χ3n) is 5.54. The molecule has 0 aromatic heterocycles. The zero-order valence-corrected chi connectivity index (χ0v) is 12.8. The highest BCUT2D eigenvalue weighted by atomic mass is 16.2. The van der Waals surface area contributed by atoms with Gasteiger partial charge < -0.3 is 10.2 Å². The molecular weight excluding hydrogens is 250 g/mol. The standard InChI is InChI=1S/C16H29N3O/c1-13-2-4-15(5-3-13)18-8-10-19(11-9-18)16(20)14-6-7-17-12-14/h13-15,17H,2-12H2,1H3. The van der Waals surface area contributed by atoms with E-state index in [9.17, 15) is 4.79 Å². The van der Waals surface area contributed by atoms with Crippen LogP contribution in [-0.4, -0.2) is 61.0 Å². The highest BCUT2D eigenvalue weighted by Gasteiger charge is 2.31. The van der Waals surface area contributed by atoms with Crippen molar-refractivity contribution < 1.29 is 4.79 Å². The molecule has 1 atom stereocenters. The van der Waals surface area contributed by atoms with Gasteiger partial charge in [0.05, 0.1) is 5.92 Å². The first-order valence-corrected chi connectivity index (χ1v) is 8.47. The van der Waals surface area contributed by atoms with Gasteiger partial charge in [0.2, 0.25) is 5.91 Å². The van der Waals surface area contributed by atoms with Crippen molar-refractivity contribution >= 4 is 5.91 Å². The molecule has 1 unspecified atom stereocenters. The molecule has 20 heavy (non-hydrogen) atoms. The van der Waals surface area contributed by atoms with Gasteiger partial charge in [-0.3, -0.25) is 9.69 Å². The molecule has 3 fully saturated rings. The summed E-state index contributed by atoms with van der Waals surface area (Å²) in [4.78, 5) is 17.1. The number of hydrogen-bond acceptors (Lipinski definition) is 3. The van der Waals surface area contributed by atoms with Crippen LogP contribution in [0.25, 0.3) is 0 Å². The predicted octanol–water partition coefficient (Wildman–Crippen LogP) is 1.32. The minimum absolute atomic E-state index is 0.247. The molecule has 0 aromatic carbocycles. The van der Waals surface area contributed by atoms with Crippen LogP contribution in [0, 0.1) is 11.8 Å². The van der Waals surface area contributed by atoms with E-state index in [4.69, 9.17) is 0 Å². The Hall–Kier alpha value is -0.610. The number of carbonyl (C=O) groups excluding carboxylic acids is 1. The van der Waals surface area contributed by atoms with Gasteiger partial charge in [0.25, 0.3) is 0 Å². The maximum atomic E-state index is 12.4. The summed E-state index contributed by atoms with van der Waals surface area (Å²) in [5.41, 5.74) is 0. The van der Waals surface area contributed by atoms with Crippen molar-refractivity contribution in [3.05, 3.63) is 0 Å². The largest absolute Gasteiger partial charge is 0.340 e. The quantitative estimate of drug-likeness (QED) is 0.828. The third kappa shape index (κ3) is 3.17. The summed E-state index contributed by atoms with van der Waals surface area (Å²) in [6.45, 7) is 8.34. The second-order valence-corrected chi connectivity index (χ2v) is 6.96. The topological polar surface area (TPSA) is 35.6 Å². The van der Waals surface area contributed by atoms with E-state index in [1.165, 1.54) is 25.7 Å². The number of piperazine rings is 1. The highest BCUT2D eigenvalue weighted by Crippen LogP contribution is 2.27. The number of nitrogens with one attached hydrogen (secondary N) is 1. The number of nitrogens with zero attached hydrogens (tertiary/aromatic N) is 2. The fourth-order valence-electron chi connectivity index (χ4n) is 4.04. The van der Waals surface area contributed by atoms with Gasteiger partial charge in [-0.25, -0.2) is 0 Å². The minimum atomic E-state index is 0.247. The van der Waals surface area contributed by atoms with Crippen molar-refractivity contribution in [2.75, 3.05) is 39.3 Å². The average Bonchev–Trinajstić information content (AvgIpc) is 3.02. The molecular formula is C16H29N3O. The lowest BCUT2D eigenvalue weighted by Crippen LogP contribution is -2.53. The van der Waals surface area contributed by atoms with E-state index >= 15 is 0 Å². The molecule has 1 amide bonds. The molecule has 2 aliphatic heterocycles. The number of carbonyl (C=O) groups is 1. The molecule has 0 radical (unpaired) electrons. The zero-order chi connectivity index (χ0) is 13.9. The summed E-state index contributed by atoms with van der Waals surface area (Å²) in [6.07, 6.45) is 6.53. The Bertz CT molecular complexity index is 325. The molecule has 0 aromatic rings. The minimum Gasteiger partial charge on any atom is -0.340 e. The first-order chi connectivity index (χ1) is 9.74. The van der Waals surface area contributed by atoms with E-state index in [2.05, 4.69) is 22.0 Å². The van der Waals surface area contributed by atoms with E-state index in [0.717, 1.165) is 57.6 Å². The van der Waals surface area contributed by atoms with Crippen molar-refractivity contribution in [1.82, 2.24) is 15.1 Å². The van der Waals surface area contributed by atoms with Crippen LogP contribution in [0.2, 0.25) is 0 Å². The molecule has 3 aliphatic rings. The third-order valence-corrected chi connectivity index (χ3v) is 5.54. The van der Waals surface area contributed by atoms with E-state index in [0.29, 0.717) is 5.91 Å². The SMILES string of the molecule is CC1CCC(N2CCN(C(=O)C3CCNC3)CC2)CC1. The Morgan fingerprint density at radius 3 is 2.30 bits per heavy atom. The average molecular weight is 279 g/mol. The second kappa shape index (κ2) is 6.44. The molecule has 0 bridgehead atoms. The first kappa shape index (κ1) is 14.3. The number of hydrogen-bond donors (Lipinski definition) is 1. The van der Waals surface area contributed by atoms with Crippen LogP contribution in [0.15, 0.2) is 0 Å². The lowest BCUT2D eigenvalue weighted by molar-refractivity contribution is -0.137. The lowest BCUT2D eigenvalue weighted by Gasteiger charge is -2.42. The van der Waals surface area contributed by atoms with Gasteiger partial charge in [-0.2, -0.15) is 0 Å². The smallest absolute Gasteiger partial charge is 0.227 e. The van der Waals surface area contributed by atoms with Gasteiger partial charge in [-0.15, -0.1) is 0 Å². The Kier molecular flexibility index (Phi) is 4.61. The molecule has 1 saturated carbocycles. The Morgan fingerprint density at radius 1 is 1.00 bits per heavy atom. The Balaban J connectivity index is 1.45. The molecule has 1 N–H and O–H groups in total. The van der Waals surface area contributed by atoms with Crippen LogP contribution in [0.1, 0.15) is 39.0 Å². The molecule has 114 valence electrons. The van der Waals surface area contributed by atoms with Crippen LogP contribution in [0.3, 0.4) is 0 Å². The molecule has 1 aliphatic carbocycles. The fourth-order valence-corrected chi connectivity index (χ4v) is 4.04. The van der Waals surface area contributed by atoms with Crippen molar-refractivity contribution in [3.63, 3.8) is 0 Å². The first-order valence-electron chi connectivity index (χ1n) is 8.47. The van der Waals surface area contributed by atoms with Gasteiger partial charge in [-0.05, 0) is 44.6 Å². The van der Waals surface area contributed by atoms with Crippen LogP contribution in [0.5, 0.6) is 0 Å². The van der Waals surface area contributed by atoms with Gasteiger partial charge >= 0.3 is 0 Å². The van der Waals surface area contributed by atoms with Crippen molar-refractivity contribution in [3.8, 4) is 0 Å². The summed E-state index contributed by atoms with van der Waals surface area (Å²) in [7, 11) is 0. The van der Waals surface area contributed by atoms with Crippen LogP contribution in [0.4, 0.5) is 0 Å². The highest BCUT2D eigenvalue weighted by molar-refractivity contribution is 5.79. The summed E-state index contributed by atoms with van der Waals surface area (Å²) >= 11 is 0. The number of amides is 1. The van der Waals surface area contributed by atoms with Crippen molar-refractivity contribution in [1.29, 1.82) is 0 Å². The number of rotatable bonds is 2. The van der Waals surface area contributed by atoms with E-state index in [1.54, 1.807) is 0 Å². The van der Waals surface area contributed by atoms with Gasteiger partial charge in [-0.1, -0.05) is 6.92 Å². The predicted molar refractivity (Wildman–Crippen MR) is 80.5 cm³/mol. The molecule has 3 rings (SSSR count). The Labute approximate surface area is 122 Å². The molecule has 0 spiro atoms. The normalized spacial score (nSPS) is 36.2. The monoisotopic (exact) mass is 279 g/mol. The summed E-state index contributed by atoms with van der Waals surface area (Å²) in [5, 5.41) is 3.30. The fraction of sp³-hybridized carbons (Fsp3) is 0.938. The van der Waals surface area contributed by atoms with Crippen molar-refractivity contribution in [2.24, 2.45) is 11.8 Å². The molecule has 4 heteroatoms. The van der Waals surface area contributed by atoms with Gasteiger partial charge in [0, 0.05) is 38.8 Å². The van der Waals surface area contributed by atoms with Gasteiger partial charge in [0.1, 0.15) is 0 Å². The zero-order valence-electron chi connectivity index (χ0n) is 12.8. The van der Waals surface area contributed by atoms with Crippen molar-refractivity contribution in [2.45, 2.75) is 45.1 Å². The summed E-state index contributed by atoms with van der Waals surface area (Å²) in [6, 6.07) is 0.789. The summed E-state index contributed by atoms with van der Waals surface area (Å²) < 4.78 is 0. The van der Waals surface area contributed by atoms with E-state index in [-0.39, 0.29) is 5.92 Å². The Morgan fingerprint density at radius 2 is 1.70 bits per heavy atom.